The van der Waals surface area contributed by atoms with Gasteiger partial charge in [-0.05, 0) is 58.2 Å². The monoisotopic (exact) mass is 224 g/mol. The lowest BCUT2D eigenvalue weighted by molar-refractivity contribution is 0.152. The van der Waals surface area contributed by atoms with Gasteiger partial charge in [-0.25, -0.2) is 0 Å². The van der Waals surface area contributed by atoms with Crippen molar-refractivity contribution in [2.75, 3.05) is 26.7 Å². The maximum Gasteiger partial charge on any atom is 0.00953 e. The number of hydrogen-bond donors (Lipinski definition) is 1. The van der Waals surface area contributed by atoms with Crippen LogP contribution in [-0.2, 0) is 0 Å². The van der Waals surface area contributed by atoms with Gasteiger partial charge < -0.3 is 10.2 Å². The molecular formula is C14H28N2. The summed E-state index contributed by atoms with van der Waals surface area (Å²) in [6.45, 7) is 6.34. The third-order valence-electron chi connectivity index (χ3n) is 4.72. The minimum Gasteiger partial charge on any atom is -0.319 e. The molecule has 2 fully saturated rings. The number of rotatable bonds is 4. The van der Waals surface area contributed by atoms with Gasteiger partial charge in [-0.1, -0.05) is 19.3 Å². The Hall–Kier alpha value is -0.0800. The average molecular weight is 224 g/mol. The first-order valence-electron chi connectivity index (χ1n) is 7.20. The quantitative estimate of drug-likeness (QED) is 0.789. The van der Waals surface area contributed by atoms with E-state index >= 15 is 0 Å². The summed E-state index contributed by atoms with van der Waals surface area (Å²) in [6.07, 6.45) is 8.79. The van der Waals surface area contributed by atoms with Gasteiger partial charge >= 0.3 is 0 Å². The van der Waals surface area contributed by atoms with Crippen LogP contribution in [0.1, 0.15) is 45.4 Å². The highest BCUT2D eigenvalue weighted by atomic mass is 15.2. The third-order valence-corrected chi connectivity index (χ3v) is 4.72. The van der Waals surface area contributed by atoms with Crippen molar-refractivity contribution in [3.05, 3.63) is 0 Å². The van der Waals surface area contributed by atoms with Crippen molar-refractivity contribution in [2.24, 2.45) is 11.8 Å². The van der Waals surface area contributed by atoms with Crippen LogP contribution in [0.25, 0.3) is 0 Å². The highest BCUT2D eigenvalue weighted by Gasteiger charge is 2.30. The van der Waals surface area contributed by atoms with E-state index in [1.807, 2.05) is 0 Å². The highest BCUT2D eigenvalue weighted by molar-refractivity contribution is 4.84. The summed E-state index contributed by atoms with van der Waals surface area (Å²) in [7, 11) is 2.08. The molecule has 2 rings (SSSR count). The molecular weight excluding hydrogens is 196 g/mol. The Labute approximate surface area is 101 Å². The van der Waals surface area contributed by atoms with Gasteiger partial charge in [0.15, 0.2) is 0 Å². The van der Waals surface area contributed by atoms with Crippen molar-refractivity contribution in [1.29, 1.82) is 0 Å². The Balaban J connectivity index is 1.78. The second-order valence-corrected chi connectivity index (χ2v) is 5.85. The second-order valence-electron chi connectivity index (χ2n) is 5.85. The summed E-state index contributed by atoms with van der Waals surface area (Å²) in [4.78, 5) is 2.75. The van der Waals surface area contributed by atoms with Crippen molar-refractivity contribution in [2.45, 2.75) is 51.5 Å². The molecule has 2 nitrogen and oxygen atoms in total. The van der Waals surface area contributed by atoms with Crippen LogP contribution >= 0.6 is 0 Å². The van der Waals surface area contributed by atoms with Gasteiger partial charge in [0, 0.05) is 12.6 Å². The molecule has 1 aliphatic heterocycles. The SMILES string of the molecule is CNCC1CCN(C(C)C2CCCCC2)C1. The van der Waals surface area contributed by atoms with Crippen LogP contribution in [0.3, 0.4) is 0 Å². The number of nitrogens with zero attached hydrogens (tertiary/aromatic N) is 1. The summed E-state index contributed by atoms with van der Waals surface area (Å²) in [5, 5.41) is 3.32. The third kappa shape index (κ3) is 2.98. The average Bonchev–Trinajstić information content (AvgIpc) is 2.78. The molecule has 0 aromatic rings. The molecule has 2 atom stereocenters. The molecule has 0 aromatic heterocycles. The fraction of sp³-hybridized carbons (Fsp3) is 1.00. The van der Waals surface area contributed by atoms with Crippen molar-refractivity contribution in [1.82, 2.24) is 10.2 Å². The predicted octanol–water partition coefficient (Wildman–Crippen LogP) is 2.50. The maximum absolute atomic E-state index is 3.32. The predicted molar refractivity (Wildman–Crippen MR) is 69.6 cm³/mol. The minimum absolute atomic E-state index is 0.835. The van der Waals surface area contributed by atoms with Crippen molar-refractivity contribution >= 4 is 0 Å². The van der Waals surface area contributed by atoms with Gasteiger partial charge in [0.2, 0.25) is 0 Å². The van der Waals surface area contributed by atoms with E-state index in [2.05, 4.69) is 24.2 Å². The molecule has 0 bridgehead atoms. The molecule has 1 saturated carbocycles. The molecule has 16 heavy (non-hydrogen) atoms. The van der Waals surface area contributed by atoms with Gasteiger partial charge in [-0.3, -0.25) is 0 Å². The zero-order valence-electron chi connectivity index (χ0n) is 11.0. The van der Waals surface area contributed by atoms with Crippen LogP contribution in [0.2, 0.25) is 0 Å². The van der Waals surface area contributed by atoms with E-state index in [-0.39, 0.29) is 0 Å². The maximum atomic E-state index is 3.32. The summed E-state index contributed by atoms with van der Waals surface area (Å²) in [5.74, 6) is 1.89. The van der Waals surface area contributed by atoms with E-state index in [1.165, 1.54) is 58.2 Å². The zero-order valence-corrected chi connectivity index (χ0v) is 11.0. The van der Waals surface area contributed by atoms with Crippen LogP contribution in [0, 0.1) is 11.8 Å². The van der Waals surface area contributed by atoms with Gasteiger partial charge in [0.25, 0.3) is 0 Å². The first-order valence-corrected chi connectivity index (χ1v) is 7.20. The fourth-order valence-corrected chi connectivity index (χ4v) is 3.60. The fourth-order valence-electron chi connectivity index (χ4n) is 3.60. The zero-order chi connectivity index (χ0) is 11.4. The van der Waals surface area contributed by atoms with Crippen LogP contribution < -0.4 is 5.32 Å². The molecule has 0 radical (unpaired) electrons. The Kier molecular flexibility index (Phi) is 4.66. The van der Waals surface area contributed by atoms with Gasteiger partial charge in [-0.15, -0.1) is 0 Å². The van der Waals surface area contributed by atoms with Crippen LogP contribution in [0.15, 0.2) is 0 Å². The summed E-state index contributed by atoms with van der Waals surface area (Å²) in [6, 6.07) is 0.835. The largest absolute Gasteiger partial charge is 0.319 e. The Bertz CT molecular complexity index is 199. The van der Waals surface area contributed by atoms with Crippen LogP contribution in [0.5, 0.6) is 0 Å². The topological polar surface area (TPSA) is 15.3 Å². The lowest BCUT2D eigenvalue weighted by atomic mass is 9.84. The van der Waals surface area contributed by atoms with Crippen molar-refractivity contribution < 1.29 is 0 Å². The smallest absolute Gasteiger partial charge is 0.00953 e. The van der Waals surface area contributed by atoms with Crippen LogP contribution in [0.4, 0.5) is 0 Å². The van der Waals surface area contributed by atoms with E-state index in [1.54, 1.807) is 0 Å². The molecule has 94 valence electrons. The van der Waals surface area contributed by atoms with Gasteiger partial charge in [0.1, 0.15) is 0 Å². The lowest BCUT2D eigenvalue weighted by Crippen LogP contribution is -2.38. The molecule has 1 aliphatic carbocycles. The molecule has 1 heterocycles. The number of likely N-dealkylation sites (tertiary alicyclic amines) is 1. The highest BCUT2D eigenvalue weighted by Crippen LogP contribution is 2.31. The molecule has 2 aliphatic rings. The van der Waals surface area contributed by atoms with E-state index in [0.29, 0.717) is 0 Å². The molecule has 0 spiro atoms. The summed E-state index contributed by atoms with van der Waals surface area (Å²) in [5.41, 5.74) is 0. The number of nitrogens with one attached hydrogen (secondary N) is 1. The van der Waals surface area contributed by atoms with E-state index in [9.17, 15) is 0 Å². The first-order chi connectivity index (χ1) is 7.81. The normalized spacial score (nSPS) is 30.8. The lowest BCUT2D eigenvalue weighted by Gasteiger charge is -2.34. The van der Waals surface area contributed by atoms with Crippen molar-refractivity contribution in [3.8, 4) is 0 Å². The molecule has 1 saturated heterocycles. The number of hydrogen-bond acceptors (Lipinski definition) is 2. The molecule has 2 unspecified atom stereocenters. The van der Waals surface area contributed by atoms with E-state index in [0.717, 1.165) is 17.9 Å². The standard InChI is InChI=1S/C14H28N2/c1-12(14-6-4-3-5-7-14)16-9-8-13(11-16)10-15-2/h12-15H,3-11H2,1-2H3. The summed E-state index contributed by atoms with van der Waals surface area (Å²) < 4.78 is 0. The second kappa shape index (κ2) is 6.02. The Morgan fingerprint density at radius 3 is 2.62 bits per heavy atom. The summed E-state index contributed by atoms with van der Waals surface area (Å²) >= 11 is 0. The van der Waals surface area contributed by atoms with Crippen molar-refractivity contribution in [3.63, 3.8) is 0 Å². The first kappa shape index (κ1) is 12.4. The molecule has 0 aromatic carbocycles. The molecule has 1 N–H and O–H groups in total. The van der Waals surface area contributed by atoms with Crippen LogP contribution in [-0.4, -0.2) is 37.6 Å². The van der Waals surface area contributed by atoms with E-state index in [4.69, 9.17) is 0 Å². The Morgan fingerprint density at radius 1 is 1.19 bits per heavy atom. The molecule has 0 amide bonds. The van der Waals surface area contributed by atoms with E-state index < -0.39 is 0 Å². The Morgan fingerprint density at radius 2 is 1.94 bits per heavy atom. The van der Waals surface area contributed by atoms with Gasteiger partial charge in [0.05, 0.1) is 0 Å². The van der Waals surface area contributed by atoms with Gasteiger partial charge in [-0.2, -0.15) is 0 Å². The molecule has 2 heteroatoms. The minimum atomic E-state index is 0.835.